The van der Waals surface area contributed by atoms with Crippen LogP contribution in [0.5, 0.6) is 0 Å². The number of rotatable bonds is 1. The summed E-state index contributed by atoms with van der Waals surface area (Å²) >= 11 is 0. The number of carbonyl (C=O) groups is 2. The summed E-state index contributed by atoms with van der Waals surface area (Å²) in [5.41, 5.74) is 6.23. The highest BCUT2D eigenvalue weighted by Gasteiger charge is 2.38. The fraction of sp³-hybridized carbons (Fsp3) is 0.875. The molecule has 0 aromatic rings. The van der Waals surface area contributed by atoms with Crippen LogP contribution in [-0.2, 0) is 9.59 Å². The summed E-state index contributed by atoms with van der Waals surface area (Å²) in [6.45, 7) is 1.57. The van der Waals surface area contributed by atoms with Gasteiger partial charge >= 0.3 is 0 Å². The van der Waals surface area contributed by atoms with Crippen molar-refractivity contribution in [1.29, 1.82) is 0 Å². The highest BCUT2D eigenvalue weighted by Crippen LogP contribution is 2.29. The highest BCUT2D eigenvalue weighted by atomic mass is 16.2. The standard InChI is InChI=1S/C16H27N3O2/c17-13-5-3-1-2-4-12(13)16(21)19-9-8-14-11(10-19)6-7-15(20)18-14/h11-14H,1-10,17H2,(H,18,20). The number of carbonyl (C=O) groups excluding carboxylic acids is 2. The van der Waals surface area contributed by atoms with E-state index in [1.807, 2.05) is 4.90 Å². The minimum Gasteiger partial charge on any atom is -0.353 e. The lowest BCUT2D eigenvalue weighted by atomic mass is 9.84. The summed E-state index contributed by atoms with van der Waals surface area (Å²) in [5, 5.41) is 3.07. The Hall–Kier alpha value is -1.10. The Labute approximate surface area is 126 Å². The Morgan fingerprint density at radius 2 is 1.95 bits per heavy atom. The molecule has 4 atom stereocenters. The fourth-order valence-corrected chi connectivity index (χ4v) is 4.19. The molecule has 3 fully saturated rings. The molecular weight excluding hydrogens is 266 g/mol. The molecule has 3 rings (SSSR count). The number of fused-ring (bicyclic) bond motifs is 1. The van der Waals surface area contributed by atoms with Gasteiger partial charge in [-0.15, -0.1) is 0 Å². The van der Waals surface area contributed by atoms with Gasteiger partial charge in [0.05, 0.1) is 5.92 Å². The Morgan fingerprint density at radius 1 is 1.14 bits per heavy atom. The van der Waals surface area contributed by atoms with Crippen LogP contribution in [0.3, 0.4) is 0 Å². The van der Waals surface area contributed by atoms with Crippen LogP contribution in [0.25, 0.3) is 0 Å². The maximum absolute atomic E-state index is 12.8. The number of nitrogens with two attached hydrogens (primary N) is 1. The van der Waals surface area contributed by atoms with Gasteiger partial charge in [-0.05, 0) is 31.6 Å². The van der Waals surface area contributed by atoms with Gasteiger partial charge in [-0.3, -0.25) is 9.59 Å². The van der Waals surface area contributed by atoms with Crippen LogP contribution in [0.1, 0.15) is 51.4 Å². The molecule has 0 bridgehead atoms. The molecule has 3 aliphatic rings. The van der Waals surface area contributed by atoms with E-state index in [9.17, 15) is 9.59 Å². The molecule has 0 radical (unpaired) electrons. The summed E-state index contributed by atoms with van der Waals surface area (Å²) in [4.78, 5) is 26.3. The van der Waals surface area contributed by atoms with E-state index in [4.69, 9.17) is 5.73 Å². The second-order valence-corrected chi connectivity index (χ2v) is 6.95. The Balaban J connectivity index is 1.61. The zero-order valence-electron chi connectivity index (χ0n) is 12.7. The first kappa shape index (κ1) is 14.8. The first-order chi connectivity index (χ1) is 10.1. The van der Waals surface area contributed by atoms with Gasteiger partial charge in [-0.25, -0.2) is 0 Å². The zero-order valence-corrected chi connectivity index (χ0v) is 12.7. The number of likely N-dealkylation sites (tertiary alicyclic amines) is 1. The number of hydrogen-bond acceptors (Lipinski definition) is 3. The van der Waals surface area contributed by atoms with E-state index in [1.165, 1.54) is 6.42 Å². The Kier molecular flexibility index (Phi) is 4.48. The second kappa shape index (κ2) is 6.34. The van der Waals surface area contributed by atoms with E-state index in [1.54, 1.807) is 0 Å². The molecule has 2 amide bonds. The van der Waals surface area contributed by atoms with Crippen molar-refractivity contribution >= 4 is 11.8 Å². The molecule has 1 aliphatic carbocycles. The molecule has 2 aliphatic heterocycles. The predicted octanol–water partition coefficient (Wildman–Crippen LogP) is 1.02. The van der Waals surface area contributed by atoms with E-state index < -0.39 is 0 Å². The SMILES string of the molecule is NC1CCCCCC1C(=O)N1CCC2NC(=O)CCC2C1. The molecule has 2 saturated heterocycles. The van der Waals surface area contributed by atoms with E-state index in [0.29, 0.717) is 12.3 Å². The third-order valence-corrected chi connectivity index (χ3v) is 5.52. The monoisotopic (exact) mass is 293 g/mol. The number of piperidine rings is 2. The molecule has 2 heterocycles. The summed E-state index contributed by atoms with van der Waals surface area (Å²) < 4.78 is 0. The van der Waals surface area contributed by atoms with Crippen molar-refractivity contribution in [2.75, 3.05) is 13.1 Å². The van der Waals surface area contributed by atoms with Crippen molar-refractivity contribution in [3.05, 3.63) is 0 Å². The molecule has 3 N–H and O–H groups in total. The summed E-state index contributed by atoms with van der Waals surface area (Å²) in [5.74, 6) is 0.881. The van der Waals surface area contributed by atoms with Gasteiger partial charge in [0.15, 0.2) is 0 Å². The lowest BCUT2D eigenvalue weighted by Gasteiger charge is -2.42. The molecule has 0 aromatic heterocycles. The lowest BCUT2D eigenvalue weighted by Crippen LogP contribution is -2.56. The van der Waals surface area contributed by atoms with Gasteiger partial charge in [-0.2, -0.15) is 0 Å². The quantitative estimate of drug-likeness (QED) is 0.709. The summed E-state index contributed by atoms with van der Waals surface area (Å²) in [6.07, 6.45) is 7.82. The molecule has 5 nitrogen and oxygen atoms in total. The van der Waals surface area contributed by atoms with Crippen molar-refractivity contribution in [3.63, 3.8) is 0 Å². The minimum absolute atomic E-state index is 0.0160. The molecule has 1 saturated carbocycles. The molecule has 118 valence electrons. The van der Waals surface area contributed by atoms with Crippen LogP contribution < -0.4 is 11.1 Å². The van der Waals surface area contributed by atoms with Gasteiger partial charge < -0.3 is 16.0 Å². The van der Waals surface area contributed by atoms with Gasteiger partial charge in [0.2, 0.25) is 11.8 Å². The number of hydrogen-bond donors (Lipinski definition) is 2. The van der Waals surface area contributed by atoms with Crippen molar-refractivity contribution in [2.45, 2.75) is 63.5 Å². The van der Waals surface area contributed by atoms with Crippen LogP contribution in [0, 0.1) is 11.8 Å². The molecule has 0 spiro atoms. The smallest absolute Gasteiger partial charge is 0.227 e. The zero-order chi connectivity index (χ0) is 14.8. The van der Waals surface area contributed by atoms with Crippen molar-refractivity contribution in [3.8, 4) is 0 Å². The van der Waals surface area contributed by atoms with E-state index in [2.05, 4.69) is 5.32 Å². The largest absolute Gasteiger partial charge is 0.353 e. The van der Waals surface area contributed by atoms with Crippen molar-refractivity contribution < 1.29 is 9.59 Å². The average Bonchev–Trinajstić information content (AvgIpc) is 2.70. The van der Waals surface area contributed by atoms with Gasteiger partial charge in [0, 0.05) is 31.6 Å². The van der Waals surface area contributed by atoms with Gasteiger partial charge in [0.1, 0.15) is 0 Å². The molecule has 4 unspecified atom stereocenters. The predicted molar refractivity (Wildman–Crippen MR) is 80.4 cm³/mol. The normalized spacial score (nSPS) is 37.4. The Morgan fingerprint density at radius 3 is 2.81 bits per heavy atom. The van der Waals surface area contributed by atoms with Crippen molar-refractivity contribution in [1.82, 2.24) is 10.2 Å². The summed E-state index contributed by atoms with van der Waals surface area (Å²) in [6, 6.07) is 0.307. The van der Waals surface area contributed by atoms with Gasteiger partial charge in [-0.1, -0.05) is 19.3 Å². The van der Waals surface area contributed by atoms with Crippen LogP contribution in [0.4, 0.5) is 0 Å². The summed E-state index contributed by atoms with van der Waals surface area (Å²) in [7, 11) is 0. The number of nitrogens with zero attached hydrogens (tertiary/aromatic N) is 1. The maximum Gasteiger partial charge on any atom is 0.227 e. The first-order valence-corrected chi connectivity index (χ1v) is 8.49. The van der Waals surface area contributed by atoms with E-state index in [0.717, 1.165) is 51.6 Å². The third-order valence-electron chi connectivity index (χ3n) is 5.52. The molecule has 0 aromatic carbocycles. The van der Waals surface area contributed by atoms with Crippen LogP contribution >= 0.6 is 0 Å². The average molecular weight is 293 g/mol. The minimum atomic E-state index is 0.0160. The van der Waals surface area contributed by atoms with Crippen LogP contribution in [0.15, 0.2) is 0 Å². The molecule has 21 heavy (non-hydrogen) atoms. The topological polar surface area (TPSA) is 75.4 Å². The Bertz CT molecular complexity index is 412. The number of nitrogens with one attached hydrogen (secondary N) is 1. The maximum atomic E-state index is 12.8. The van der Waals surface area contributed by atoms with Crippen molar-refractivity contribution in [2.24, 2.45) is 17.6 Å². The highest BCUT2D eigenvalue weighted by molar-refractivity contribution is 5.80. The van der Waals surface area contributed by atoms with Gasteiger partial charge in [0.25, 0.3) is 0 Å². The molecular formula is C16H27N3O2. The lowest BCUT2D eigenvalue weighted by molar-refractivity contribution is -0.139. The number of amides is 2. The van der Waals surface area contributed by atoms with E-state index in [-0.39, 0.29) is 29.8 Å². The fourth-order valence-electron chi connectivity index (χ4n) is 4.19. The second-order valence-electron chi connectivity index (χ2n) is 6.95. The third kappa shape index (κ3) is 3.23. The van der Waals surface area contributed by atoms with Crippen LogP contribution in [0.2, 0.25) is 0 Å². The molecule has 5 heteroatoms. The van der Waals surface area contributed by atoms with E-state index >= 15 is 0 Å². The first-order valence-electron chi connectivity index (χ1n) is 8.49. The van der Waals surface area contributed by atoms with Crippen LogP contribution in [-0.4, -0.2) is 41.9 Å².